The van der Waals surface area contributed by atoms with Gasteiger partial charge in [-0.15, -0.1) is 0 Å². The third-order valence-corrected chi connectivity index (χ3v) is 10.3. The lowest BCUT2D eigenvalue weighted by atomic mass is 9.75. The highest BCUT2D eigenvalue weighted by Gasteiger charge is 2.47. The number of alkyl halides is 1. The summed E-state index contributed by atoms with van der Waals surface area (Å²) in [6.07, 6.45) is 18.2. The van der Waals surface area contributed by atoms with Gasteiger partial charge < -0.3 is 20.7 Å². The largest absolute Gasteiger partial charge is 0.381 e. The van der Waals surface area contributed by atoms with E-state index in [0.29, 0.717) is 18.6 Å². The molecule has 1 aliphatic heterocycles. The number of nitrogens with one attached hydrogen (secondary N) is 1. The highest BCUT2D eigenvalue weighted by molar-refractivity contribution is 5.89. The molecule has 3 N–H and O–H groups in total. The lowest BCUT2D eigenvalue weighted by molar-refractivity contribution is -0.144. The van der Waals surface area contributed by atoms with E-state index in [2.05, 4.69) is 5.32 Å². The highest BCUT2D eigenvalue weighted by Crippen LogP contribution is 2.41. The monoisotopic (exact) mass is 521 g/mol. The minimum absolute atomic E-state index is 0.0637. The molecule has 4 rings (SSSR count). The molecule has 1 saturated heterocycles. The first-order valence-electron chi connectivity index (χ1n) is 15.5. The molecule has 0 radical (unpaired) electrons. The van der Waals surface area contributed by atoms with Crippen LogP contribution in [0.3, 0.4) is 0 Å². The molecule has 0 aromatic heterocycles. The van der Waals surface area contributed by atoms with Crippen LogP contribution < -0.4 is 11.1 Å². The zero-order chi connectivity index (χ0) is 26.2. The Morgan fingerprint density at radius 2 is 1.51 bits per heavy atom. The van der Waals surface area contributed by atoms with Gasteiger partial charge in [-0.2, -0.15) is 0 Å². The van der Waals surface area contributed by atoms with Crippen molar-refractivity contribution in [1.82, 2.24) is 10.2 Å². The Balaban J connectivity index is 1.45. The maximum absolute atomic E-state index is 14.0. The Bertz CT molecular complexity index is 711. The van der Waals surface area contributed by atoms with E-state index in [9.17, 15) is 14.0 Å². The van der Waals surface area contributed by atoms with Gasteiger partial charge in [0, 0.05) is 31.7 Å². The number of rotatable bonds is 7. The summed E-state index contributed by atoms with van der Waals surface area (Å²) in [5.41, 5.74) is 5.96. The number of nitrogens with zero attached hydrogens (tertiary/aromatic N) is 1. The van der Waals surface area contributed by atoms with E-state index in [-0.39, 0.29) is 41.7 Å². The number of halogens is 1. The van der Waals surface area contributed by atoms with Crippen molar-refractivity contribution in [2.45, 2.75) is 133 Å². The molecule has 3 aliphatic carbocycles. The van der Waals surface area contributed by atoms with Gasteiger partial charge in [0.05, 0.1) is 6.10 Å². The van der Waals surface area contributed by atoms with Crippen molar-refractivity contribution in [3.8, 4) is 0 Å². The molecule has 1 heterocycles. The van der Waals surface area contributed by atoms with Crippen LogP contribution in [-0.4, -0.2) is 61.3 Å². The molecule has 212 valence electrons. The number of amides is 2. The van der Waals surface area contributed by atoms with Crippen molar-refractivity contribution in [3.63, 3.8) is 0 Å². The summed E-state index contributed by atoms with van der Waals surface area (Å²) in [4.78, 5) is 29.8. The standard InChI is InChI=1S/C30H52FN3O3/c1-37-25-16-14-21(15-17-25)26-18-19-34(30(36)23-12-10-22(11-13-23)27(32)20-31)28(26)29(35)33-24-8-6-4-2-3-5-7-9-24/h21-28H,2-20,32H2,1H3,(H,33,35)/t21?,22?,23?,25?,26-,27+,28-/m0/s1. The normalized spacial score (nSPS) is 35.3. The molecule has 2 amide bonds. The second-order valence-corrected chi connectivity index (χ2v) is 12.5. The number of hydrogen-bond donors (Lipinski definition) is 2. The van der Waals surface area contributed by atoms with Crippen molar-refractivity contribution in [2.24, 2.45) is 29.4 Å². The molecule has 37 heavy (non-hydrogen) atoms. The van der Waals surface area contributed by atoms with Crippen LogP contribution in [0.15, 0.2) is 0 Å². The van der Waals surface area contributed by atoms with Crippen LogP contribution in [-0.2, 0) is 14.3 Å². The van der Waals surface area contributed by atoms with E-state index in [0.717, 1.165) is 70.6 Å². The van der Waals surface area contributed by atoms with Crippen LogP contribution in [0.5, 0.6) is 0 Å². The predicted molar refractivity (Wildman–Crippen MR) is 145 cm³/mol. The molecule has 0 unspecified atom stereocenters. The number of carbonyl (C=O) groups excluding carboxylic acids is 2. The molecule has 0 aromatic carbocycles. The van der Waals surface area contributed by atoms with Crippen LogP contribution in [0.25, 0.3) is 0 Å². The zero-order valence-corrected chi connectivity index (χ0v) is 23.2. The van der Waals surface area contributed by atoms with Gasteiger partial charge in [0.25, 0.3) is 0 Å². The summed E-state index contributed by atoms with van der Waals surface area (Å²) in [7, 11) is 1.80. The van der Waals surface area contributed by atoms with E-state index >= 15 is 0 Å². The third kappa shape index (κ3) is 7.46. The maximum Gasteiger partial charge on any atom is 0.243 e. The average molecular weight is 522 g/mol. The number of ether oxygens (including phenoxy) is 1. The van der Waals surface area contributed by atoms with E-state index in [1.165, 1.54) is 38.5 Å². The van der Waals surface area contributed by atoms with Crippen LogP contribution in [0.1, 0.15) is 109 Å². The SMILES string of the molecule is COC1CCC([C@@H]2CCN(C(=O)C3CCC([C@H](N)CF)CC3)[C@@H]2C(=O)NC2CCCCCCCC2)CC1. The lowest BCUT2D eigenvalue weighted by Gasteiger charge is -2.38. The first-order chi connectivity index (χ1) is 18.0. The number of likely N-dealkylation sites (tertiary alicyclic amines) is 1. The minimum Gasteiger partial charge on any atom is -0.381 e. The van der Waals surface area contributed by atoms with Gasteiger partial charge in [0.15, 0.2) is 0 Å². The van der Waals surface area contributed by atoms with Gasteiger partial charge in [-0.05, 0) is 88.4 Å². The van der Waals surface area contributed by atoms with Gasteiger partial charge in [0.2, 0.25) is 11.8 Å². The van der Waals surface area contributed by atoms with E-state index in [1.54, 1.807) is 7.11 Å². The number of carbonyl (C=O) groups is 2. The summed E-state index contributed by atoms with van der Waals surface area (Å²) < 4.78 is 18.7. The molecule has 0 spiro atoms. The summed E-state index contributed by atoms with van der Waals surface area (Å²) in [5.74, 6) is 1.04. The zero-order valence-electron chi connectivity index (χ0n) is 23.2. The third-order valence-electron chi connectivity index (χ3n) is 10.3. The van der Waals surface area contributed by atoms with E-state index in [4.69, 9.17) is 10.5 Å². The van der Waals surface area contributed by atoms with Gasteiger partial charge >= 0.3 is 0 Å². The van der Waals surface area contributed by atoms with Gasteiger partial charge in [-0.25, -0.2) is 4.39 Å². The molecule has 3 atom stereocenters. The molecule has 3 saturated carbocycles. The van der Waals surface area contributed by atoms with Crippen molar-refractivity contribution in [2.75, 3.05) is 20.3 Å². The Kier molecular flexibility index (Phi) is 11.1. The summed E-state index contributed by atoms with van der Waals surface area (Å²) in [6.45, 7) is 0.187. The van der Waals surface area contributed by atoms with Crippen LogP contribution in [0.4, 0.5) is 4.39 Å². The minimum atomic E-state index is -0.494. The molecule has 6 nitrogen and oxygen atoms in total. The average Bonchev–Trinajstić information content (AvgIpc) is 3.43. The molecular formula is C30H52FN3O3. The fourth-order valence-corrected chi connectivity index (χ4v) is 7.86. The van der Waals surface area contributed by atoms with Crippen LogP contribution in [0.2, 0.25) is 0 Å². The molecular weight excluding hydrogens is 469 g/mol. The second-order valence-electron chi connectivity index (χ2n) is 12.5. The highest BCUT2D eigenvalue weighted by atomic mass is 19.1. The molecule has 0 bridgehead atoms. The van der Waals surface area contributed by atoms with Crippen molar-refractivity contribution in [1.29, 1.82) is 0 Å². The number of nitrogens with two attached hydrogens (primary N) is 1. The van der Waals surface area contributed by atoms with Crippen LogP contribution in [0, 0.1) is 23.7 Å². The van der Waals surface area contributed by atoms with Crippen molar-refractivity contribution >= 4 is 11.8 Å². The fraction of sp³-hybridized carbons (Fsp3) is 0.933. The van der Waals surface area contributed by atoms with Gasteiger partial charge in [0.1, 0.15) is 12.7 Å². The first kappa shape index (κ1) is 28.8. The lowest BCUT2D eigenvalue weighted by Crippen LogP contribution is -2.53. The number of methoxy groups -OCH3 is 1. The quantitative estimate of drug-likeness (QED) is 0.486. The molecule has 4 fully saturated rings. The summed E-state index contributed by atoms with van der Waals surface area (Å²) in [6, 6.07) is -0.540. The Hall–Kier alpha value is -1.21. The molecule has 4 aliphatic rings. The Morgan fingerprint density at radius 1 is 0.892 bits per heavy atom. The predicted octanol–water partition coefficient (Wildman–Crippen LogP) is 5.13. The van der Waals surface area contributed by atoms with E-state index in [1.807, 2.05) is 4.90 Å². The van der Waals surface area contributed by atoms with Crippen molar-refractivity contribution in [3.05, 3.63) is 0 Å². The Labute approximate surface area is 224 Å². The Morgan fingerprint density at radius 3 is 2.11 bits per heavy atom. The van der Waals surface area contributed by atoms with Crippen molar-refractivity contribution < 1.29 is 18.7 Å². The smallest absolute Gasteiger partial charge is 0.243 e. The fourth-order valence-electron chi connectivity index (χ4n) is 7.86. The van der Waals surface area contributed by atoms with Gasteiger partial charge in [-0.3, -0.25) is 9.59 Å². The molecule has 7 heteroatoms. The second kappa shape index (κ2) is 14.3. The summed E-state index contributed by atoms with van der Waals surface area (Å²) >= 11 is 0. The maximum atomic E-state index is 14.0. The first-order valence-corrected chi connectivity index (χ1v) is 15.5. The molecule has 0 aromatic rings. The number of hydrogen-bond acceptors (Lipinski definition) is 4. The summed E-state index contributed by atoms with van der Waals surface area (Å²) in [5, 5.41) is 3.45. The topological polar surface area (TPSA) is 84.7 Å². The van der Waals surface area contributed by atoms with E-state index < -0.39 is 12.7 Å². The van der Waals surface area contributed by atoms with Gasteiger partial charge in [-0.1, -0.05) is 38.5 Å². The van der Waals surface area contributed by atoms with Crippen LogP contribution >= 0.6 is 0 Å².